The number of rotatable bonds is 14. The van der Waals surface area contributed by atoms with Crippen molar-refractivity contribution < 1.29 is 9.59 Å². The van der Waals surface area contributed by atoms with Gasteiger partial charge in [0.2, 0.25) is 0 Å². The quantitative estimate of drug-likeness (QED) is 0.0560. The Hall–Kier alpha value is -4.82. The lowest BCUT2D eigenvalue weighted by Gasteiger charge is -2.13. The summed E-state index contributed by atoms with van der Waals surface area (Å²) >= 11 is 3.44. The summed E-state index contributed by atoms with van der Waals surface area (Å²) in [4.78, 5) is 37.1. The first-order chi connectivity index (χ1) is 27.1. The summed E-state index contributed by atoms with van der Waals surface area (Å²) in [5.41, 5.74) is 24.3. The third-order valence-corrected chi connectivity index (χ3v) is 12.0. The lowest BCUT2D eigenvalue weighted by Crippen LogP contribution is -2.30. The molecule has 0 unspecified atom stereocenters. The van der Waals surface area contributed by atoms with Gasteiger partial charge in [0.15, 0.2) is 0 Å². The highest BCUT2D eigenvalue weighted by atomic mass is 32.2. The van der Waals surface area contributed by atoms with Gasteiger partial charge in [0.25, 0.3) is 11.8 Å². The maximum absolute atomic E-state index is 12.4. The van der Waals surface area contributed by atoms with Crippen LogP contribution >= 0.6 is 23.5 Å². The number of hydrogen-bond donors (Lipinski definition) is 3. The van der Waals surface area contributed by atoms with Crippen molar-refractivity contribution in [3.63, 3.8) is 0 Å². The molecule has 6 rings (SSSR count). The number of unbranched alkanes of at least 4 members (excludes halogenated alkanes) is 4. The standard InChI is InChI=1S/C25H23N3O2S.C17H21N3S.C2H8N2/c1-16-12-21-22(13-17(16)2)27-15-18(14-26)23(21)31-11-7-3-6-10-28-24(29)19-8-4-5-9-20(19)25(28)30;1-12-8-15-16(9-13(12)2)20-11-14(10-19)17(15)21-7-5-3-4-6-18;3-1-2-4/h4-5,8-9,12-13,15H,3,6-7,10-11H2,1-2H3;8-9,11H,3-7,18H2,1-2H3;1-4H2. The lowest BCUT2D eigenvalue weighted by atomic mass is 10.1. The molecular formula is C44H52N8O2S2. The molecule has 0 saturated heterocycles. The molecule has 0 saturated carbocycles. The Balaban J connectivity index is 0.000000241. The number of aryl methyl sites for hydroxylation is 4. The third kappa shape index (κ3) is 11.2. The minimum absolute atomic E-state index is 0.192. The molecule has 56 heavy (non-hydrogen) atoms. The monoisotopic (exact) mass is 788 g/mol. The van der Waals surface area contributed by atoms with Crippen molar-refractivity contribution in [3.8, 4) is 12.1 Å². The molecule has 5 aromatic rings. The van der Waals surface area contributed by atoms with Crippen molar-refractivity contribution in [2.24, 2.45) is 17.2 Å². The van der Waals surface area contributed by atoms with E-state index in [2.05, 4.69) is 74.1 Å². The topological polar surface area (TPSA) is 189 Å². The van der Waals surface area contributed by atoms with Crippen LogP contribution in [0.15, 0.2) is 70.7 Å². The van der Waals surface area contributed by atoms with E-state index in [-0.39, 0.29) is 11.8 Å². The van der Waals surface area contributed by atoms with Gasteiger partial charge in [-0.05, 0) is 130 Å². The smallest absolute Gasteiger partial charge is 0.261 e. The molecule has 6 N–H and O–H groups in total. The molecule has 0 fully saturated rings. The van der Waals surface area contributed by atoms with Crippen LogP contribution in [0.2, 0.25) is 0 Å². The van der Waals surface area contributed by atoms with E-state index in [9.17, 15) is 20.1 Å². The van der Waals surface area contributed by atoms with Crippen molar-refractivity contribution in [1.29, 1.82) is 10.5 Å². The van der Waals surface area contributed by atoms with Crippen LogP contribution in [0.3, 0.4) is 0 Å². The number of thioether (sulfide) groups is 2. The van der Waals surface area contributed by atoms with Crippen LogP contribution in [0.25, 0.3) is 21.8 Å². The van der Waals surface area contributed by atoms with Crippen molar-refractivity contribution in [3.05, 3.63) is 105 Å². The molecule has 0 spiro atoms. The summed E-state index contributed by atoms with van der Waals surface area (Å²) in [5.74, 6) is 1.49. The zero-order valence-corrected chi connectivity index (χ0v) is 34.5. The summed E-state index contributed by atoms with van der Waals surface area (Å²) in [6, 6.07) is 20.0. The number of fused-ring (bicyclic) bond motifs is 3. The van der Waals surface area contributed by atoms with Gasteiger partial charge in [0, 0.05) is 52.6 Å². The van der Waals surface area contributed by atoms with Gasteiger partial charge >= 0.3 is 0 Å². The maximum atomic E-state index is 12.4. The molecular weight excluding hydrogens is 737 g/mol. The largest absolute Gasteiger partial charge is 0.330 e. The molecule has 0 aliphatic carbocycles. The molecule has 3 aromatic carbocycles. The normalized spacial score (nSPS) is 11.8. The fourth-order valence-corrected chi connectivity index (χ4v) is 8.34. The Morgan fingerprint density at radius 3 is 1.45 bits per heavy atom. The zero-order valence-electron chi connectivity index (χ0n) is 32.9. The van der Waals surface area contributed by atoms with E-state index in [1.165, 1.54) is 27.2 Å². The number of amides is 2. The molecule has 2 aromatic heterocycles. The van der Waals surface area contributed by atoms with Gasteiger partial charge < -0.3 is 17.2 Å². The van der Waals surface area contributed by atoms with E-state index in [1.807, 2.05) is 0 Å². The second-order valence-electron chi connectivity index (χ2n) is 13.6. The van der Waals surface area contributed by atoms with Gasteiger partial charge in [-0.25, -0.2) is 0 Å². The Morgan fingerprint density at radius 2 is 1.04 bits per heavy atom. The van der Waals surface area contributed by atoms with Crippen LogP contribution in [0.4, 0.5) is 0 Å². The van der Waals surface area contributed by atoms with E-state index in [1.54, 1.807) is 60.2 Å². The molecule has 292 valence electrons. The summed E-state index contributed by atoms with van der Waals surface area (Å²) in [7, 11) is 0. The number of carbonyl (C=O) groups excluding carboxylic acids is 2. The molecule has 1 aliphatic rings. The van der Waals surface area contributed by atoms with Gasteiger partial charge in [-0.3, -0.25) is 24.5 Å². The SMILES string of the molecule is Cc1cc2ncc(C#N)c(SCCCCCN)c2cc1C.Cc1cc2ncc(C#N)c(SCCCCCN3C(=O)c4ccccc4C3=O)c2cc1C.NCCN. The minimum atomic E-state index is -0.192. The van der Waals surface area contributed by atoms with Gasteiger partial charge in [-0.1, -0.05) is 25.0 Å². The Bertz CT molecular complexity index is 2210. The average molecular weight is 789 g/mol. The molecule has 3 heterocycles. The first-order valence-electron chi connectivity index (χ1n) is 19.0. The fourth-order valence-electron chi connectivity index (χ4n) is 6.09. The number of nitriles is 2. The van der Waals surface area contributed by atoms with Crippen LogP contribution in [0.5, 0.6) is 0 Å². The van der Waals surface area contributed by atoms with Crippen LogP contribution < -0.4 is 17.2 Å². The summed E-state index contributed by atoms with van der Waals surface area (Å²) in [5, 5.41) is 21.0. The third-order valence-electron chi connectivity index (χ3n) is 9.52. The number of nitrogens with zero attached hydrogens (tertiary/aromatic N) is 5. The van der Waals surface area contributed by atoms with Crippen molar-refractivity contribution in [1.82, 2.24) is 14.9 Å². The number of hydrogen-bond acceptors (Lipinski definition) is 11. The van der Waals surface area contributed by atoms with Crippen LogP contribution in [-0.2, 0) is 0 Å². The Labute approximate surface area is 339 Å². The van der Waals surface area contributed by atoms with Gasteiger partial charge in [0.1, 0.15) is 12.1 Å². The van der Waals surface area contributed by atoms with Gasteiger partial charge in [0.05, 0.1) is 33.3 Å². The molecule has 0 bridgehead atoms. The number of imide groups is 1. The average Bonchev–Trinajstić information content (AvgIpc) is 3.45. The van der Waals surface area contributed by atoms with Crippen LogP contribution in [0, 0.1) is 50.4 Å². The Morgan fingerprint density at radius 1 is 0.607 bits per heavy atom. The lowest BCUT2D eigenvalue weighted by molar-refractivity contribution is 0.0651. The molecule has 2 amide bonds. The maximum Gasteiger partial charge on any atom is 0.261 e. The number of carbonyl (C=O) groups is 2. The molecule has 0 radical (unpaired) electrons. The molecule has 1 aliphatic heterocycles. The first kappa shape index (κ1) is 43.9. The van der Waals surface area contributed by atoms with Crippen LogP contribution in [0.1, 0.15) is 92.6 Å². The van der Waals surface area contributed by atoms with Crippen molar-refractivity contribution in [2.45, 2.75) is 76.0 Å². The zero-order chi connectivity index (χ0) is 40.6. The number of benzene rings is 3. The summed E-state index contributed by atoms with van der Waals surface area (Å²) < 4.78 is 0. The van der Waals surface area contributed by atoms with Crippen LogP contribution in [-0.4, -0.2) is 64.4 Å². The van der Waals surface area contributed by atoms with Gasteiger partial charge in [-0.2, -0.15) is 10.5 Å². The number of nitrogens with two attached hydrogens (primary N) is 3. The molecule has 12 heteroatoms. The van der Waals surface area contributed by atoms with E-state index in [4.69, 9.17) is 17.2 Å². The predicted octanol–water partition coefficient (Wildman–Crippen LogP) is 8.13. The Kier molecular flexibility index (Phi) is 17.3. The highest BCUT2D eigenvalue weighted by Gasteiger charge is 2.34. The molecule has 0 atom stereocenters. The van der Waals surface area contributed by atoms with Crippen molar-refractivity contribution in [2.75, 3.05) is 37.7 Å². The van der Waals surface area contributed by atoms with E-state index < -0.39 is 0 Å². The van der Waals surface area contributed by atoms with E-state index in [0.717, 1.165) is 88.2 Å². The highest BCUT2D eigenvalue weighted by Crippen LogP contribution is 2.34. The summed E-state index contributed by atoms with van der Waals surface area (Å²) in [6.45, 7) is 10.7. The second kappa shape index (κ2) is 22.1. The predicted molar refractivity (Wildman–Crippen MR) is 230 cm³/mol. The number of pyridine rings is 2. The molecule has 10 nitrogen and oxygen atoms in total. The second-order valence-corrected chi connectivity index (χ2v) is 15.8. The minimum Gasteiger partial charge on any atom is -0.330 e. The summed E-state index contributed by atoms with van der Waals surface area (Å²) in [6.07, 6.45) is 9.30. The van der Waals surface area contributed by atoms with E-state index in [0.29, 0.717) is 41.9 Å². The first-order valence-corrected chi connectivity index (χ1v) is 21.0. The highest BCUT2D eigenvalue weighted by molar-refractivity contribution is 7.99. The fraction of sp³-hybridized carbons (Fsp3) is 0.364. The van der Waals surface area contributed by atoms with E-state index >= 15 is 0 Å². The van der Waals surface area contributed by atoms with Gasteiger partial charge in [-0.15, -0.1) is 23.5 Å². The number of aromatic nitrogens is 2. The van der Waals surface area contributed by atoms with Crippen molar-refractivity contribution >= 4 is 57.1 Å².